The van der Waals surface area contributed by atoms with E-state index in [0.717, 1.165) is 26.7 Å². The zero-order valence-corrected chi connectivity index (χ0v) is 12.9. The number of benzene rings is 1. The van der Waals surface area contributed by atoms with Crippen molar-refractivity contribution < 1.29 is 0 Å². The Labute approximate surface area is 129 Å². The number of thiophene rings is 1. The van der Waals surface area contributed by atoms with Crippen LogP contribution in [0.1, 0.15) is 6.92 Å². The summed E-state index contributed by atoms with van der Waals surface area (Å²) in [6.45, 7) is 1.93. The van der Waals surface area contributed by atoms with Crippen molar-refractivity contribution in [2.24, 2.45) is 5.10 Å². The molecule has 0 spiro atoms. The second-order valence-corrected chi connectivity index (χ2v) is 6.80. The highest BCUT2D eigenvalue weighted by atomic mass is 32.2. The zero-order valence-electron chi connectivity index (χ0n) is 11.2. The fraction of sp³-hybridized carbons (Fsp3) is 0.133. The molecule has 2 aromatic heterocycles. The Morgan fingerprint density at radius 2 is 2.05 bits per heavy atom. The zero-order chi connectivity index (χ0) is 14.4. The van der Waals surface area contributed by atoms with Crippen molar-refractivity contribution >= 4 is 39.0 Å². The summed E-state index contributed by atoms with van der Waals surface area (Å²) >= 11 is 3.11. The first-order valence-electron chi connectivity index (χ1n) is 6.51. The van der Waals surface area contributed by atoms with Gasteiger partial charge in [0.1, 0.15) is 4.83 Å². The van der Waals surface area contributed by atoms with Crippen LogP contribution in [0.2, 0.25) is 0 Å². The Hall–Kier alpha value is -1.92. The van der Waals surface area contributed by atoms with E-state index in [4.69, 9.17) is 0 Å². The van der Waals surface area contributed by atoms with Gasteiger partial charge in [-0.25, -0.2) is 4.98 Å². The molecule has 0 amide bonds. The maximum atomic E-state index is 12.6. The highest BCUT2D eigenvalue weighted by Crippen LogP contribution is 2.32. The lowest BCUT2D eigenvalue weighted by Crippen LogP contribution is -2.23. The topological polar surface area (TPSA) is 47.2 Å². The summed E-state index contributed by atoms with van der Waals surface area (Å²) in [5.74, 6) is 0.787. The first-order valence-corrected chi connectivity index (χ1v) is 8.32. The molecule has 1 aliphatic heterocycles. The minimum Gasteiger partial charge on any atom is -0.267 e. The molecule has 0 atom stereocenters. The van der Waals surface area contributed by atoms with Crippen LogP contribution in [-0.4, -0.2) is 21.1 Å². The molecule has 4 nitrogen and oxygen atoms in total. The lowest BCUT2D eigenvalue weighted by Gasteiger charge is -2.12. The number of thioether (sulfide) groups is 1. The summed E-state index contributed by atoms with van der Waals surface area (Å²) in [6.07, 6.45) is 0. The van der Waals surface area contributed by atoms with Gasteiger partial charge in [0.25, 0.3) is 5.56 Å². The molecule has 6 heteroatoms. The fourth-order valence-electron chi connectivity index (χ4n) is 2.25. The highest BCUT2D eigenvalue weighted by molar-refractivity contribution is 7.99. The van der Waals surface area contributed by atoms with E-state index in [1.54, 1.807) is 23.1 Å². The van der Waals surface area contributed by atoms with Crippen LogP contribution in [0.4, 0.5) is 0 Å². The Balaban J connectivity index is 1.98. The standard InChI is InChI=1S/C15H11N3OS2/c1-9-8-20-15-16-13-11(14(19)18(15)17-9)7-12(21-13)10-5-3-2-4-6-10/h2-7H,8H2,1H3. The van der Waals surface area contributed by atoms with Crippen molar-refractivity contribution in [2.75, 3.05) is 5.75 Å². The summed E-state index contributed by atoms with van der Waals surface area (Å²) in [5, 5.41) is 5.64. The molecular weight excluding hydrogens is 302 g/mol. The molecular formula is C15H11N3OS2. The Kier molecular flexibility index (Phi) is 2.94. The van der Waals surface area contributed by atoms with Crippen molar-refractivity contribution in [3.8, 4) is 10.4 Å². The van der Waals surface area contributed by atoms with E-state index >= 15 is 0 Å². The molecule has 1 aromatic carbocycles. The summed E-state index contributed by atoms with van der Waals surface area (Å²) in [5.41, 5.74) is 1.96. The van der Waals surface area contributed by atoms with Crippen LogP contribution >= 0.6 is 23.1 Å². The minimum absolute atomic E-state index is 0.0834. The second-order valence-electron chi connectivity index (χ2n) is 4.83. The van der Waals surface area contributed by atoms with E-state index in [2.05, 4.69) is 10.1 Å². The van der Waals surface area contributed by atoms with Gasteiger partial charge in [-0.3, -0.25) is 4.79 Å². The predicted molar refractivity (Wildman–Crippen MR) is 88.5 cm³/mol. The first-order chi connectivity index (χ1) is 10.2. The van der Waals surface area contributed by atoms with E-state index in [9.17, 15) is 4.79 Å². The van der Waals surface area contributed by atoms with Crippen LogP contribution in [0.3, 0.4) is 0 Å². The van der Waals surface area contributed by atoms with Gasteiger partial charge in [-0.1, -0.05) is 42.1 Å². The largest absolute Gasteiger partial charge is 0.283 e. The molecule has 0 N–H and O–H groups in total. The molecule has 1 aliphatic rings. The molecule has 21 heavy (non-hydrogen) atoms. The number of nitrogens with zero attached hydrogens (tertiary/aromatic N) is 3. The molecule has 0 aliphatic carbocycles. The molecule has 0 unspecified atom stereocenters. The maximum Gasteiger partial charge on any atom is 0.283 e. The van der Waals surface area contributed by atoms with Gasteiger partial charge in [0.05, 0.1) is 5.39 Å². The molecule has 0 fully saturated rings. The normalized spacial score (nSPS) is 14.0. The second kappa shape index (κ2) is 4.82. The van der Waals surface area contributed by atoms with Gasteiger partial charge >= 0.3 is 0 Å². The monoisotopic (exact) mass is 313 g/mol. The fourth-order valence-corrected chi connectivity index (χ4v) is 4.13. The molecule has 3 heterocycles. The lowest BCUT2D eigenvalue weighted by molar-refractivity contribution is 0.699. The average molecular weight is 313 g/mol. The number of rotatable bonds is 1. The third-order valence-corrected chi connectivity index (χ3v) is 5.42. The highest BCUT2D eigenvalue weighted by Gasteiger charge is 2.18. The molecule has 3 aromatic rings. The van der Waals surface area contributed by atoms with Gasteiger partial charge in [0, 0.05) is 16.3 Å². The van der Waals surface area contributed by atoms with Crippen molar-refractivity contribution in [2.45, 2.75) is 12.1 Å². The van der Waals surface area contributed by atoms with Crippen LogP contribution in [0.25, 0.3) is 20.7 Å². The van der Waals surface area contributed by atoms with Crippen molar-refractivity contribution in [1.82, 2.24) is 9.66 Å². The van der Waals surface area contributed by atoms with E-state index < -0.39 is 0 Å². The van der Waals surface area contributed by atoms with E-state index in [1.807, 2.05) is 43.3 Å². The number of aromatic nitrogens is 2. The molecule has 4 rings (SSSR count). The molecule has 0 saturated heterocycles. The average Bonchev–Trinajstić information content (AvgIpc) is 2.94. The molecule has 0 bridgehead atoms. The van der Waals surface area contributed by atoms with E-state index in [-0.39, 0.29) is 5.56 Å². The first kappa shape index (κ1) is 12.8. The molecule has 0 radical (unpaired) electrons. The van der Waals surface area contributed by atoms with Gasteiger partial charge in [0.15, 0.2) is 5.16 Å². The smallest absolute Gasteiger partial charge is 0.267 e. The summed E-state index contributed by atoms with van der Waals surface area (Å²) in [4.78, 5) is 19.0. The van der Waals surface area contributed by atoms with Gasteiger partial charge in [0.2, 0.25) is 0 Å². The van der Waals surface area contributed by atoms with Crippen LogP contribution in [0, 0.1) is 0 Å². The minimum atomic E-state index is -0.0834. The number of hydrogen-bond acceptors (Lipinski definition) is 5. The van der Waals surface area contributed by atoms with Crippen LogP contribution in [0.15, 0.2) is 51.5 Å². The number of fused-ring (bicyclic) bond motifs is 2. The third kappa shape index (κ3) is 2.11. The van der Waals surface area contributed by atoms with Gasteiger partial charge < -0.3 is 0 Å². The molecule has 0 saturated carbocycles. The van der Waals surface area contributed by atoms with Crippen LogP contribution in [-0.2, 0) is 0 Å². The van der Waals surface area contributed by atoms with E-state index in [1.165, 1.54) is 4.68 Å². The summed E-state index contributed by atoms with van der Waals surface area (Å²) in [6, 6.07) is 12.0. The van der Waals surface area contributed by atoms with Crippen molar-refractivity contribution in [1.29, 1.82) is 0 Å². The summed E-state index contributed by atoms with van der Waals surface area (Å²) < 4.78 is 1.42. The molecule has 104 valence electrons. The van der Waals surface area contributed by atoms with Crippen LogP contribution < -0.4 is 5.56 Å². The SMILES string of the molecule is CC1=Nn2c(nc3sc(-c4ccccc4)cc3c2=O)SC1. The Morgan fingerprint density at radius 1 is 1.24 bits per heavy atom. The Morgan fingerprint density at radius 3 is 2.86 bits per heavy atom. The van der Waals surface area contributed by atoms with Gasteiger partial charge in [-0.2, -0.15) is 9.78 Å². The quantitative estimate of drug-likeness (QED) is 0.646. The Bertz CT molecular complexity index is 925. The van der Waals surface area contributed by atoms with Crippen molar-refractivity contribution in [3.63, 3.8) is 0 Å². The van der Waals surface area contributed by atoms with Crippen molar-refractivity contribution in [3.05, 3.63) is 46.8 Å². The van der Waals surface area contributed by atoms with E-state index in [0.29, 0.717) is 10.5 Å². The van der Waals surface area contributed by atoms with Gasteiger partial charge in [-0.15, -0.1) is 11.3 Å². The predicted octanol–water partition coefficient (Wildman–Crippen LogP) is 3.45. The lowest BCUT2D eigenvalue weighted by atomic mass is 10.2. The number of hydrogen-bond donors (Lipinski definition) is 0. The van der Waals surface area contributed by atoms with Crippen LogP contribution in [0.5, 0.6) is 0 Å². The summed E-state index contributed by atoms with van der Waals surface area (Å²) in [7, 11) is 0. The maximum absolute atomic E-state index is 12.6. The van der Waals surface area contributed by atoms with Gasteiger partial charge in [-0.05, 0) is 18.6 Å². The third-order valence-electron chi connectivity index (χ3n) is 3.25.